The first-order valence-corrected chi connectivity index (χ1v) is 8.45. The normalized spacial score (nSPS) is 28.0. The fourth-order valence-electron chi connectivity index (χ4n) is 3.18. The number of likely N-dealkylation sites (tertiary alicyclic amines) is 2. The number of aliphatic hydroxyl groups is 1. The molecule has 0 spiro atoms. The van der Waals surface area contributed by atoms with E-state index in [1.807, 2.05) is 25.7 Å². The number of aromatic nitrogens is 4. The van der Waals surface area contributed by atoms with Crippen molar-refractivity contribution in [1.29, 1.82) is 0 Å². The summed E-state index contributed by atoms with van der Waals surface area (Å²) in [5, 5.41) is 24.8. The van der Waals surface area contributed by atoms with E-state index in [1.54, 1.807) is 11.9 Å². The van der Waals surface area contributed by atoms with Crippen molar-refractivity contribution < 1.29 is 14.7 Å². The summed E-state index contributed by atoms with van der Waals surface area (Å²) in [7, 11) is 1.78. The van der Waals surface area contributed by atoms with Crippen LogP contribution in [0.2, 0.25) is 0 Å². The Bertz CT molecular complexity index is 668. The highest BCUT2D eigenvalue weighted by Crippen LogP contribution is 2.21. The number of nitrogens with zero attached hydrogens (tertiary/aromatic N) is 6. The Balaban J connectivity index is 1.62. The molecule has 2 aliphatic rings. The number of carbonyl (C=O) groups is 2. The van der Waals surface area contributed by atoms with Crippen molar-refractivity contribution in [3.8, 4) is 0 Å². The highest BCUT2D eigenvalue weighted by atomic mass is 16.3. The summed E-state index contributed by atoms with van der Waals surface area (Å²) in [5.74, 6) is -0.442. The lowest BCUT2D eigenvalue weighted by Crippen LogP contribution is -2.44. The zero-order chi connectivity index (χ0) is 18.4. The minimum absolute atomic E-state index is 0.0303. The molecule has 2 aliphatic heterocycles. The number of aliphatic hydroxyl groups excluding tert-OH is 1. The van der Waals surface area contributed by atoms with Crippen LogP contribution in [0.25, 0.3) is 0 Å². The lowest BCUT2D eigenvalue weighted by Gasteiger charge is -2.21. The molecule has 3 heterocycles. The largest absolute Gasteiger partial charge is 0.390 e. The molecule has 1 aromatic rings. The van der Waals surface area contributed by atoms with Gasteiger partial charge in [-0.15, -0.1) is 10.2 Å². The number of carbonyl (C=O) groups excluding carboxylic acids is 2. The highest BCUT2D eigenvalue weighted by Gasteiger charge is 2.42. The van der Waals surface area contributed by atoms with Crippen molar-refractivity contribution in [3.63, 3.8) is 0 Å². The summed E-state index contributed by atoms with van der Waals surface area (Å²) in [6.45, 7) is 7.22. The van der Waals surface area contributed by atoms with E-state index in [9.17, 15) is 14.7 Å². The van der Waals surface area contributed by atoms with Gasteiger partial charge in [0.2, 0.25) is 5.91 Å². The van der Waals surface area contributed by atoms with Gasteiger partial charge in [0.05, 0.1) is 23.7 Å². The van der Waals surface area contributed by atoms with Gasteiger partial charge in [-0.25, -0.2) is 0 Å². The summed E-state index contributed by atoms with van der Waals surface area (Å²) in [4.78, 5) is 29.5. The number of nitrogens with one attached hydrogen (secondary N) is 1. The third-order valence-corrected chi connectivity index (χ3v) is 4.69. The molecule has 25 heavy (non-hydrogen) atoms. The Labute approximate surface area is 146 Å². The number of hydrogen-bond acceptors (Lipinski definition) is 7. The molecule has 0 radical (unpaired) electrons. The molecular formula is C15H25N7O3. The molecule has 10 heteroatoms. The molecule has 3 rings (SSSR count). The Morgan fingerprint density at radius 1 is 1.32 bits per heavy atom. The van der Waals surface area contributed by atoms with Crippen LogP contribution in [-0.4, -0.2) is 91.8 Å². The summed E-state index contributed by atoms with van der Waals surface area (Å²) in [6, 6.07) is -0.686. The number of likely N-dealkylation sites (N-methyl/N-ethyl adjacent to an activating group) is 1. The van der Waals surface area contributed by atoms with Crippen LogP contribution >= 0.6 is 0 Å². The first-order chi connectivity index (χ1) is 11.7. The molecule has 2 N–H and O–H groups in total. The average molecular weight is 351 g/mol. The molecule has 0 saturated carbocycles. The number of hydrogen-bond donors (Lipinski definition) is 2. The lowest BCUT2D eigenvalue weighted by molar-refractivity contribution is -0.130. The summed E-state index contributed by atoms with van der Waals surface area (Å²) >= 11 is 0. The third-order valence-electron chi connectivity index (χ3n) is 4.69. The first-order valence-electron chi connectivity index (χ1n) is 8.45. The Kier molecular flexibility index (Phi) is 4.50. The van der Waals surface area contributed by atoms with Gasteiger partial charge in [0.25, 0.3) is 11.7 Å². The second kappa shape index (κ2) is 6.34. The van der Waals surface area contributed by atoms with E-state index < -0.39 is 18.1 Å². The zero-order valence-electron chi connectivity index (χ0n) is 15.0. The van der Waals surface area contributed by atoms with Gasteiger partial charge in [-0.3, -0.25) is 14.5 Å². The van der Waals surface area contributed by atoms with Gasteiger partial charge in [-0.05, 0) is 32.4 Å². The van der Waals surface area contributed by atoms with E-state index in [1.165, 1.54) is 4.80 Å². The van der Waals surface area contributed by atoms with Crippen LogP contribution in [0.3, 0.4) is 0 Å². The minimum atomic E-state index is -0.736. The van der Waals surface area contributed by atoms with E-state index in [0.29, 0.717) is 19.6 Å². The van der Waals surface area contributed by atoms with Crippen molar-refractivity contribution in [2.45, 2.75) is 50.9 Å². The number of rotatable bonds is 3. The summed E-state index contributed by atoms with van der Waals surface area (Å²) in [5.41, 5.74) is -0.371. The molecule has 0 aromatic carbocycles. The maximum atomic E-state index is 12.3. The Hall–Kier alpha value is -2.07. The fraction of sp³-hybridized carbons (Fsp3) is 0.800. The predicted molar refractivity (Wildman–Crippen MR) is 87.7 cm³/mol. The molecule has 10 nitrogen and oxygen atoms in total. The monoisotopic (exact) mass is 351 g/mol. The van der Waals surface area contributed by atoms with E-state index >= 15 is 0 Å². The van der Waals surface area contributed by atoms with Gasteiger partial charge in [0, 0.05) is 26.7 Å². The van der Waals surface area contributed by atoms with Crippen LogP contribution in [0.1, 0.15) is 37.8 Å². The van der Waals surface area contributed by atoms with E-state index in [0.717, 1.165) is 6.42 Å². The molecular weight excluding hydrogens is 326 g/mol. The van der Waals surface area contributed by atoms with E-state index in [4.69, 9.17) is 0 Å². The van der Waals surface area contributed by atoms with Crippen molar-refractivity contribution in [2.75, 3.05) is 26.7 Å². The molecule has 3 atom stereocenters. The smallest absolute Gasteiger partial charge is 0.293 e. The number of amides is 2. The van der Waals surface area contributed by atoms with Crippen LogP contribution < -0.4 is 5.32 Å². The van der Waals surface area contributed by atoms with Gasteiger partial charge in [-0.2, -0.15) is 4.80 Å². The second-order valence-corrected chi connectivity index (χ2v) is 7.74. The van der Waals surface area contributed by atoms with E-state index in [-0.39, 0.29) is 23.3 Å². The van der Waals surface area contributed by atoms with Crippen molar-refractivity contribution >= 4 is 11.8 Å². The molecule has 2 saturated heterocycles. The van der Waals surface area contributed by atoms with Crippen LogP contribution in [0, 0.1) is 0 Å². The maximum Gasteiger partial charge on any atom is 0.293 e. The van der Waals surface area contributed by atoms with Crippen LogP contribution in [0.4, 0.5) is 0 Å². The summed E-state index contributed by atoms with van der Waals surface area (Å²) in [6.07, 6.45) is 0.00444. The molecule has 0 aliphatic carbocycles. The SMILES string of the molecule is CN1CC[C@@H](N2C[C@H](O)[C@H](NC(=O)c3nnn(C(C)(C)C)n3)C2)C1=O. The first kappa shape index (κ1) is 17.7. The van der Waals surface area contributed by atoms with E-state index in [2.05, 4.69) is 20.7 Å². The fourth-order valence-corrected chi connectivity index (χ4v) is 3.18. The maximum absolute atomic E-state index is 12.3. The van der Waals surface area contributed by atoms with Crippen LogP contribution in [0.15, 0.2) is 0 Å². The molecule has 0 bridgehead atoms. The average Bonchev–Trinajstić information content (AvgIpc) is 3.21. The summed E-state index contributed by atoms with van der Waals surface area (Å²) < 4.78 is 0. The molecule has 138 valence electrons. The zero-order valence-corrected chi connectivity index (χ0v) is 15.0. The van der Waals surface area contributed by atoms with Crippen molar-refractivity contribution in [2.24, 2.45) is 0 Å². The highest BCUT2D eigenvalue weighted by molar-refractivity contribution is 5.90. The lowest BCUT2D eigenvalue weighted by atomic mass is 10.1. The Morgan fingerprint density at radius 2 is 2.04 bits per heavy atom. The number of tetrazole rings is 1. The molecule has 1 aromatic heterocycles. The molecule has 0 unspecified atom stereocenters. The second-order valence-electron chi connectivity index (χ2n) is 7.74. The van der Waals surface area contributed by atoms with Gasteiger partial charge < -0.3 is 15.3 Å². The van der Waals surface area contributed by atoms with Gasteiger partial charge in [-0.1, -0.05) is 0 Å². The van der Waals surface area contributed by atoms with Crippen LogP contribution in [-0.2, 0) is 10.3 Å². The van der Waals surface area contributed by atoms with Gasteiger partial charge in [0.1, 0.15) is 0 Å². The molecule has 2 amide bonds. The Morgan fingerprint density at radius 3 is 2.60 bits per heavy atom. The van der Waals surface area contributed by atoms with Crippen LogP contribution in [0.5, 0.6) is 0 Å². The standard InChI is InChI=1S/C15H25N7O3/c1-15(2,3)22-18-12(17-19-22)13(24)16-9-7-21(8-11(9)23)10-5-6-20(4)14(10)25/h9-11,23H,5-8H2,1-4H3,(H,16,24)/t9-,10-,11+/m1/s1. The topological polar surface area (TPSA) is 116 Å². The number of β-amino-alcohol motifs (C(OH)–C–C–N with tert-alkyl or cyclic N) is 1. The van der Waals surface area contributed by atoms with Crippen molar-refractivity contribution in [1.82, 2.24) is 35.3 Å². The molecule has 2 fully saturated rings. The quantitative estimate of drug-likeness (QED) is 0.676. The third kappa shape index (κ3) is 3.49. The van der Waals surface area contributed by atoms with Gasteiger partial charge in [0.15, 0.2) is 0 Å². The predicted octanol–water partition coefficient (Wildman–Crippen LogP) is -1.57. The van der Waals surface area contributed by atoms with Gasteiger partial charge >= 0.3 is 0 Å². The van der Waals surface area contributed by atoms with Crippen molar-refractivity contribution in [3.05, 3.63) is 5.82 Å². The minimum Gasteiger partial charge on any atom is -0.390 e.